The maximum atomic E-state index is 13.5. The molecule has 2 aromatic rings. The number of nitrogens with zero attached hydrogens (tertiary/aromatic N) is 1. The van der Waals surface area contributed by atoms with Gasteiger partial charge in [-0.1, -0.05) is 42.5 Å². The van der Waals surface area contributed by atoms with Crippen molar-refractivity contribution >= 4 is 22.6 Å². The van der Waals surface area contributed by atoms with Gasteiger partial charge in [-0.05, 0) is 65.8 Å². The van der Waals surface area contributed by atoms with E-state index in [1.54, 1.807) is 0 Å². The van der Waals surface area contributed by atoms with Crippen LogP contribution in [0.5, 0.6) is 0 Å². The summed E-state index contributed by atoms with van der Waals surface area (Å²) in [6.07, 6.45) is 3.79. The Kier molecular flexibility index (Phi) is 3.56. The third-order valence-electron chi connectivity index (χ3n) is 6.83. The van der Waals surface area contributed by atoms with Crippen molar-refractivity contribution in [2.24, 2.45) is 23.7 Å². The van der Waals surface area contributed by atoms with Crippen molar-refractivity contribution in [3.05, 3.63) is 65.7 Å². The summed E-state index contributed by atoms with van der Waals surface area (Å²) >= 11 is 0. The summed E-state index contributed by atoms with van der Waals surface area (Å²) in [4.78, 5) is 15.6. The van der Waals surface area contributed by atoms with Gasteiger partial charge in [0, 0.05) is 31.3 Å². The quantitative estimate of drug-likeness (QED) is 0.789. The molecule has 2 fully saturated rings. The molecule has 0 aromatic heterocycles. The maximum absolute atomic E-state index is 13.5. The second-order valence-corrected chi connectivity index (χ2v) is 8.35. The van der Waals surface area contributed by atoms with E-state index in [9.17, 15) is 4.79 Å². The van der Waals surface area contributed by atoms with Crippen LogP contribution in [0.1, 0.15) is 30.4 Å². The van der Waals surface area contributed by atoms with Crippen LogP contribution in [-0.4, -0.2) is 19.9 Å². The molecule has 4 atom stereocenters. The number of ketones is 1. The zero-order chi connectivity index (χ0) is 17.8. The van der Waals surface area contributed by atoms with Crippen LogP contribution in [0.15, 0.2) is 54.6 Å². The molecule has 0 spiro atoms. The highest BCUT2D eigenvalue weighted by Crippen LogP contribution is 2.62. The average Bonchev–Trinajstić information content (AvgIpc) is 3.35. The minimum Gasteiger partial charge on any atom is -0.378 e. The number of carbonyl (C=O) groups is 1. The average molecular weight is 343 g/mol. The molecule has 2 heteroatoms. The molecular weight excluding hydrogens is 318 g/mol. The summed E-state index contributed by atoms with van der Waals surface area (Å²) in [5.74, 6) is 2.36. The SMILES string of the molecule is CN(C)c1ccc(C2=C(c3ccccc3)C(=O)[C@@H]3[C@H]4CC[C@H](C4)[C@H]23)cc1. The van der Waals surface area contributed by atoms with Gasteiger partial charge in [0.2, 0.25) is 0 Å². The fourth-order valence-electron chi connectivity index (χ4n) is 5.73. The monoisotopic (exact) mass is 343 g/mol. The van der Waals surface area contributed by atoms with Crippen molar-refractivity contribution in [1.29, 1.82) is 0 Å². The highest BCUT2D eigenvalue weighted by atomic mass is 16.1. The highest BCUT2D eigenvalue weighted by Gasteiger charge is 2.57. The summed E-state index contributed by atoms with van der Waals surface area (Å²) in [6.45, 7) is 0. The van der Waals surface area contributed by atoms with E-state index in [0.29, 0.717) is 23.5 Å². The molecule has 0 heterocycles. The molecule has 26 heavy (non-hydrogen) atoms. The molecule has 0 N–H and O–H groups in total. The van der Waals surface area contributed by atoms with Gasteiger partial charge in [-0.3, -0.25) is 4.79 Å². The summed E-state index contributed by atoms with van der Waals surface area (Å²) < 4.78 is 0. The maximum Gasteiger partial charge on any atom is 0.167 e. The number of Topliss-reactive ketones (excluding diaryl/α,β-unsaturated/α-hetero) is 1. The fraction of sp³-hybridized carbons (Fsp3) is 0.375. The van der Waals surface area contributed by atoms with Gasteiger partial charge in [-0.2, -0.15) is 0 Å². The number of rotatable bonds is 3. The molecule has 0 amide bonds. The smallest absolute Gasteiger partial charge is 0.167 e. The van der Waals surface area contributed by atoms with Crippen LogP contribution in [0, 0.1) is 23.7 Å². The van der Waals surface area contributed by atoms with Crippen LogP contribution >= 0.6 is 0 Å². The molecule has 3 aliphatic carbocycles. The molecular formula is C24H25NO. The number of benzene rings is 2. The molecule has 2 saturated carbocycles. The first-order chi connectivity index (χ1) is 12.6. The van der Waals surface area contributed by atoms with E-state index in [0.717, 1.165) is 11.1 Å². The van der Waals surface area contributed by atoms with Crippen LogP contribution in [0.4, 0.5) is 5.69 Å². The van der Waals surface area contributed by atoms with Crippen LogP contribution in [0.2, 0.25) is 0 Å². The lowest BCUT2D eigenvalue weighted by atomic mass is 9.77. The van der Waals surface area contributed by atoms with Gasteiger partial charge in [0.15, 0.2) is 5.78 Å². The van der Waals surface area contributed by atoms with Crippen molar-refractivity contribution < 1.29 is 4.79 Å². The first-order valence-corrected chi connectivity index (χ1v) is 9.76. The predicted octanol–water partition coefficient (Wildman–Crippen LogP) is 4.91. The molecule has 5 rings (SSSR count). The van der Waals surface area contributed by atoms with Crippen LogP contribution in [-0.2, 0) is 4.79 Å². The summed E-state index contributed by atoms with van der Waals surface area (Å²) in [5, 5.41) is 0. The first kappa shape index (κ1) is 15.9. The summed E-state index contributed by atoms with van der Waals surface area (Å²) in [6, 6.07) is 19.1. The van der Waals surface area contributed by atoms with Gasteiger partial charge in [0.1, 0.15) is 0 Å². The van der Waals surface area contributed by atoms with Crippen molar-refractivity contribution in [3.63, 3.8) is 0 Å². The number of anilines is 1. The molecule has 2 bridgehead atoms. The Labute approximate surface area is 155 Å². The Bertz CT molecular complexity index is 878. The number of allylic oxidation sites excluding steroid dienone is 2. The minimum absolute atomic E-state index is 0.229. The number of hydrogen-bond acceptors (Lipinski definition) is 2. The standard InChI is InChI=1S/C24H25NO/c1-25(2)19-12-10-16(11-13-19)20-21-17-8-9-18(14-17)23(21)24(26)22(20)15-6-4-3-5-7-15/h3-7,10-13,17-18,21,23H,8-9,14H2,1-2H3/t17-,18+,21-,23-/m1/s1. The summed E-state index contributed by atoms with van der Waals surface area (Å²) in [7, 11) is 4.13. The van der Waals surface area contributed by atoms with E-state index >= 15 is 0 Å². The second kappa shape index (κ2) is 5.84. The van der Waals surface area contributed by atoms with Gasteiger partial charge in [-0.15, -0.1) is 0 Å². The first-order valence-electron chi connectivity index (χ1n) is 9.76. The Hall–Kier alpha value is -2.35. The lowest BCUT2D eigenvalue weighted by Gasteiger charge is -2.26. The lowest BCUT2D eigenvalue weighted by molar-refractivity contribution is -0.118. The van der Waals surface area contributed by atoms with Gasteiger partial charge < -0.3 is 4.90 Å². The van der Waals surface area contributed by atoms with Gasteiger partial charge in [-0.25, -0.2) is 0 Å². The van der Waals surface area contributed by atoms with Gasteiger partial charge in [0.25, 0.3) is 0 Å². The second-order valence-electron chi connectivity index (χ2n) is 8.35. The Morgan fingerprint density at radius 2 is 1.46 bits per heavy atom. The lowest BCUT2D eigenvalue weighted by Crippen LogP contribution is -2.24. The Morgan fingerprint density at radius 3 is 2.12 bits per heavy atom. The van der Waals surface area contributed by atoms with Gasteiger partial charge in [0.05, 0.1) is 0 Å². The molecule has 2 aromatic carbocycles. The molecule has 0 aliphatic heterocycles. The number of fused-ring (bicyclic) bond motifs is 5. The summed E-state index contributed by atoms with van der Waals surface area (Å²) in [5.41, 5.74) is 5.85. The Balaban J connectivity index is 1.68. The molecule has 0 saturated heterocycles. The van der Waals surface area contributed by atoms with E-state index in [-0.39, 0.29) is 5.92 Å². The Morgan fingerprint density at radius 1 is 0.808 bits per heavy atom. The fourth-order valence-corrected chi connectivity index (χ4v) is 5.73. The zero-order valence-corrected chi connectivity index (χ0v) is 15.5. The van der Waals surface area contributed by atoms with Crippen molar-refractivity contribution in [2.45, 2.75) is 19.3 Å². The normalized spacial score (nSPS) is 29.4. The van der Waals surface area contributed by atoms with E-state index in [2.05, 4.69) is 55.4 Å². The molecule has 3 aliphatic rings. The van der Waals surface area contributed by atoms with Crippen molar-refractivity contribution in [3.8, 4) is 0 Å². The predicted molar refractivity (Wildman–Crippen MR) is 107 cm³/mol. The molecule has 132 valence electrons. The third kappa shape index (κ3) is 2.21. The van der Waals surface area contributed by atoms with Crippen LogP contribution in [0.3, 0.4) is 0 Å². The van der Waals surface area contributed by atoms with E-state index < -0.39 is 0 Å². The number of hydrogen-bond donors (Lipinski definition) is 0. The van der Waals surface area contributed by atoms with Crippen molar-refractivity contribution in [2.75, 3.05) is 19.0 Å². The van der Waals surface area contributed by atoms with E-state index in [1.807, 2.05) is 18.2 Å². The van der Waals surface area contributed by atoms with Crippen molar-refractivity contribution in [1.82, 2.24) is 0 Å². The zero-order valence-electron chi connectivity index (χ0n) is 15.5. The molecule has 0 unspecified atom stereocenters. The largest absolute Gasteiger partial charge is 0.378 e. The highest BCUT2D eigenvalue weighted by molar-refractivity contribution is 6.32. The van der Waals surface area contributed by atoms with Gasteiger partial charge >= 0.3 is 0 Å². The third-order valence-corrected chi connectivity index (χ3v) is 6.83. The molecule has 0 radical (unpaired) electrons. The number of carbonyl (C=O) groups excluding carboxylic acids is 1. The minimum atomic E-state index is 0.229. The van der Waals surface area contributed by atoms with E-state index in [1.165, 1.54) is 36.1 Å². The van der Waals surface area contributed by atoms with E-state index in [4.69, 9.17) is 0 Å². The molecule has 2 nitrogen and oxygen atoms in total. The van der Waals surface area contributed by atoms with Crippen LogP contribution < -0.4 is 4.90 Å². The topological polar surface area (TPSA) is 20.3 Å². The van der Waals surface area contributed by atoms with Crippen LogP contribution in [0.25, 0.3) is 11.1 Å².